The van der Waals surface area contributed by atoms with Gasteiger partial charge in [-0.1, -0.05) is 62.2 Å². The summed E-state index contributed by atoms with van der Waals surface area (Å²) in [5, 5.41) is 10.6. The second kappa shape index (κ2) is 13.6. The van der Waals surface area contributed by atoms with Gasteiger partial charge in [-0.3, -0.25) is 14.4 Å². The zero-order valence-electron chi connectivity index (χ0n) is 23.7. The summed E-state index contributed by atoms with van der Waals surface area (Å²) in [5.41, 5.74) is -0.179. The highest BCUT2D eigenvalue weighted by atomic mass is 16.6. The molecular weight excluding hydrogens is 508 g/mol. The Morgan fingerprint density at radius 3 is 2.67 bits per heavy atom. The molecule has 8 heteroatoms. The lowest BCUT2D eigenvalue weighted by Crippen LogP contribution is -2.59. The minimum Gasteiger partial charge on any atom is -0.465 e. The maximum absolute atomic E-state index is 14.4. The van der Waals surface area contributed by atoms with Crippen LogP contribution in [0.25, 0.3) is 0 Å². The predicted octanol–water partition coefficient (Wildman–Crippen LogP) is 3.68. The van der Waals surface area contributed by atoms with Crippen LogP contribution in [-0.2, 0) is 30.3 Å². The number of aliphatic hydroxyl groups excluding tert-OH is 1. The van der Waals surface area contributed by atoms with E-state index in [1.54, 1.807) is 22.0 Å². The number of benzene rings is 1. The van der Waals surface area contributed by atoms with E-state index in [1.807, 2.05) is 30.3 Å². The van der Waals surface area contributed by atoms with E-state index in [0.717, 1.165) is 31.2 Å². The lowest BCUT2D eigenvalue weighted by Gasteiger charge is -2.39. The van der Waals surface area contributed by atoms with Crippen molar-refractivity contribution in [2.24, 2.45) is 11.8 Å². The van der Waals surface area contributed by atoms with Gasteiger partial charge in [-0.15, -0.1) is 13.2 Å². The molecule has 3 fully saturated rings. The fraction of sp³-hybridized carbons (Fsp3) is 0.594. The topological polar surface area (TPSA) is 96.4 Å². The molecule has 6 atom stereocenters. The highest BCUT2D eigenvalue weighted by Gasteiger charge is 2.75. The Bertz CT molecular complexity index is 1060. The fourth-order valence-electron chi connectivity index (χ4n) is 6.84. The Morgan fingerprint density at radius 1 is 1.23 bits per heavy atom. The number of fused-ring (bicyclic) bond motifs is 1. The van der Waals surface area contributed by atoms with Gasteiger partial charge in [-0.05, 0) is 44.1 Å². The normalized spacial score (nSPS) is 27.4. The molecular formula is C32H44N2O6. The van der Waals surface area contributed by atoms with Crippen LogP contribution in [0.1, 0.15) is 57.4 Å². The molecule has 0 aliphatic carbocycles. The second-order valence-electron chi connectivity index (χ2n) is 11.2. The molecule has 218 valence electrons. The van der Waals surface area contributed by atoms with E-state index in [-0.39, 0.29) is 25.0 Å². The number of esters is 1. The number of allylic oxidation sites excluding steroid dienone is 1. The predicted molar refractivity (Wildman–Crippen MR) is 152 cm³/mol. The molecule has 1 aromatic rings. The molecule has 1 aromatic carbocycles. The van der Waals surface area contributed by atoms with Gasteiger partial charge in [0.25, 0.3) is 0 Å². The molecule has 8 nitrogen and oxygen atoms in total. The number of hydrogen-bond acceptors (Lipinski definition) is 6. The summed E-state index contributed by atoms with van der Waals surface area (Å²) >= 11 is 0. The first-order valence-electron chi connectivity index (χ1n) is 14.7. The summed E-state index contributed by atoms with van der Waals surface area (Å²) in [5.74, 6) is -2.56. The Labute approximate surface area is 238 Å². The minimum absolute atomic E-state index is 0.209. The van der Waals surface area contributed by atoms with Crippen LogP contribution < -0.4 is 0 Å². The summed E-state index contributed by atoms with van der Waals surface area (Å²) in [7, 11) is 0. The van der Waals surface area contributed by atoms with Crippen LogP contribution >= 0.6 is 0 Å². The first kappa shape index (κ1) is 30.0. The molecule has 3 aliphatic rings. The van der Waals surface area contributed by atoms with E-state index in [2.05, 4.69) is 20.1 Å². The van der Waals surface area contributed by atoms with Crippen molar-refractivity contribution in [3.8, 4) is 0 Å². The quantitative estimate of drug-likeness (QED) is 0.191. The summed E-state index contributed by atoms with van der Waals surface area (Å²) in [6.07, 6.45) is 8.68. The smallest absolute Gasteiger partial charge is 0.312 e. The Kier molecular flexibility index (Phi) is 10.2. The van der Waals surface area contributed by atoms with E-state index < -0.39 is 41.6 Å². The third-order valence-electron chi connectivity index (χ3n) is 8.65. The van der Waals surface area contributed by atoms with Gasteiger partial charge in [0.05, 0.1) is 37.2 Å². The summed E-state index contributed by atoms with van der Waals surface area (Å²) in [4.78, 5) is 45.4. The Balaban J connectivity index is 1.70. The number of nitrogens with zero attached hydrogens (tertiary/aromatic N) is 2. The van der Waals surface area contributed by atoms with Crippen molar-refractivity contribution < 1.29 is 29.0 Å². The average Bonchev–Trinajstić information content (AvgIpc) is 3.61. The third kappa shape index (κ3) is 5.75. The highest BCUT2D eigenvalue weighted by molar-refractivity contribution is 5.98. The number of hydrogen-bond donors (Lipinski definition) is 1. The molecule has 0 aromatic heterocycles. The average molecular weight is 553 g/mol. The number of amides is 2. The largest absolute Gasteiger partial charge is 0.465 e. The lowest BCUT2D eigenvalue weighted by molar-refractivity contribution is -0.156. The first-order chi connectivity index (χ1) is 19.4. The van der Waals surface area contributed by atoms with Crippen LogP contribution in [0.2, 0.25) is 0 Å². The fourth-order valence-corrected chi connectivity index (χ4v) is 6.84. The minimum atomic E-state index is -1.13. The number of unbranched alkanes of at least 4 members (excludes halogenated alkanes) is 3. The van der Waals surface area contributed by atoms with Gasteiger partial charge in [0, 0.05) is 13.1 Å². The molecule has 0 radical (unpaired) electrons. The van der Waals surface area contributed by atoms with Gasteiger partial charge >= 0.3 is 5.97 Å². The molecule has 2 amide bonds. The Hall–Kier alpha value is -2.97. The van der Waals surface area contributed by atoms with Gasteiger partial charge < -0.3 is 24.4 Å². The van der Waals surface area contributed by atoms with Crippen molar-refractivity contribution in [2.75, 3.05) is 26.3 Å². The zero-order chi connectivity index (χ0) is 28.7. The monoisotopic (exact) mass is 552 g/mol. The van der Waals surface area contributed by atoms with E-state index in [0.29, 0.717) is 38.8 Å². The molecule has 40 heavy (non-hydrogen) atoms. The van der Waals surface area contributed by atoms with Crippen LogP contribution in [0.4, 0.5) is 0 Å². The van der Waals surface area contributed by atoms with Crippen LogP contribution in [0, 0.1) is 11.8 Å². The number of carbonyl (C=O) groups is 3. The van der Waals surface area contributed by atoms with Gasteiger partial charge in [0.1, 0.15) is 11.6 Å². The molecule has 1 N–H and O–H groups in total. The summed E-state index contributed by atoms with van der Waals surface area (Å²) < 4.78 is 12.1. The zero-order valence-corrected chi connectivity index (χ0v) is 23.7. The van der Waals surface area contributed by atoms with Crippen molar-refractivity contribution >= 4 is 17.8 Å². The van der Waals surface area contributed by atoms with Crippen molar-refractivity contribution in [3.63, 3.8) is 0 Å². The van der Waals surface area contributed by atoms with Crippen LogP contribution in [0.15, 0.2) is 55.6 Å². The van der Waals surface area contributed by atoms with Gasteiger partial charge in [-0.25, -0.2) is 0 Å². The molecule has 0 saturated carbocycles. The number of ether oxygens (including phenoxy) is 2. The molecule has 3 heterocycles. The third-order valence-corrected chi connectivity index (χ3v) is 8.65. The van der Waals surface area contributed by atoms with Gasteiger partial charge in [0.15, 0.2) is 0 Å². The molecule has 2 bridgehead atoms. The number of likely N-dealkylation sites (tertiary alicyclic amines) is 1. The van der Waals surface area contributed by atoms with E-state index in [4.69, 9.17) is 9.47 Å². The van der Waals surface area contributed by atoms with Crippen molar-refractivity contribution in [2.45, 2.75) is 82.1 Å². The summed E-state index contributed by atoms with van der Waals surface area (Å²) in [6.45, 7) is 10.5. The van der Waals surface area contributed by atoms with E-state index in [1.165, 1.54) is 0 Å². The number of carbonyl (C=O) groups excluding carboxylic acids is 3. The molecule has 4 rings (SSSR count). The molecule has 3 aliphatic heterocycles. The number of aliphatic hydroxyl groups is 1. The lowest BCUT2D eigenvalue weighted by atomic mass is 9.70. The second-order valence-corrected chi connectivity index (χ2v) is 11.2. The SMILES string of the molecule is C=CCCCOC(=O)[C@@H]1[C@@H]2CCC3(O2)C(C(=O)N(CC=C)CCCCC)N([C@@H](CO)Cc2ccccc2)C(=O)[C@H]13. The Morgan fingerprint density at radius 2 is 2.00 bits per heavy atom. The molecule has 3 saturated heterocycles. The van der Waals surface area contributed by atoms with Gasteiger partial charge in [0.2, 0.25) is 11.8 Å². The standard InChI is InChI=1S/C32H44N2O6/c1-4-7-12-19-33(18-6-3)30(37)28-32-17-16-25(40-32)26(31(38)39-20-13-8-5-2)27(32)29(36)34(28)24(22-35)21-23-14-10-9-11-15-23/h5-6,9-11,14-15,24-28,35H,2-4,7-8,12-13,16-22H2,1H3/t24-,25+,26-,27+,28?,32?/m1/s1. The highest BCUT2D eigenvalue weighted by Crippen LogP contribution is 2.59. The van der Waals surface area contributed by atoms with Crippen molar-refractivity contribution in [1.82, 2.24) is 9.80 Å². The maximum atomic E-state index is 14.4. The summed E-state index contributed by atoms with van der Waals surface area (Å²) in [6, 6.07) is 8.05. The maximum Gasteiger partial charge on any atom is 0.312 e. The van der Waals surface area contributed by atoms with Crippen molar-refractivity contribution in [3.05, 3.63) is 61.2 Å². The van der Waals surface area contributed by atoms with Crippen LogP contribution in [0.5, 0.6) is 0 Å². The van der Waals surface area contributed by atoms with E-state index >= 15 is 0 Å². The van der Waals surface area contributed by atoms with Crippen LogP contribution in [0.3, 0.4) is 0 Å². The van der Waals surface area contributed by atoms with Crippen LogP contribution in [-0.4, -0.2) is 82.8 Å². The molecule has 1 spiro atoms. The van der Waals surface area contributed by atoms with E-state index in [9.17, 15) is 19.5 Å². The number of rotatable bonds is 16. The first-order valence-corrected chi connectivity index (χ1v) is 14.7. The van der Waals surface area contributed by atoms with Gasteiger partial charge in [-0.2, -0.15) is 0 Å². The molecule has 2 unspecified atom stereocenters. The van der Waals surface area contributed by atoms with Crippen molar-refractivity contribution in [1.29, 1.82) is 0 Å².